The van der Waals surface area contributed by atoms with Gasteiger partial charge >= 0.3 is 0 Å². The molecule has 6 aromatic rings. The second kappa shape index (κ2) is 23.4. The first-order valence-electron chi connectivity index (χ1n) is 20.6. The summed E-state index contributed by atoms with van der Waals surface area (Å²) in [6.07, 6.45) is 5.26. The third-order valence-corrected chi connectivity index (χ3v) is 9.81. The lowest BCUT2D eigenvalue weighted by Crippen LogP contribution is -2.40. The molecule has 0 spiro atoms. The molecule has 0 atom stereocenters. The van der Waals surface area contributed by atoms with Crippen LogP contribution < -0.4 is 41.5 Å². The molecule has 326 valence electrons. The SMILES string of the molecule is O=C(Cn1cccc(OCc2ccccc2)c1=O)NCCCN(CCCNC(=O)Cn1cccc(OCc2ccccc2)c1=O)C(=O)Cn1cccc(OCc2ccccc2)c1=O. The first-order chi connectivity index (χ1) is 30.7. The van der Waals surface area contributed by atoms with Crippen LogP contribution in [-0.2, 0) is 53.8 Å². The summed E-state index contributed by atoms with van der Waals surface area (Å²) in [4.78, 5) is 80.5. The Morgan fingerprint density at radius 3 is 1.13 bits per heavy atom. The number of amides is 3. The number of carbonyl (C=O) groups excluding carboxylic acids is 3. The van der Waals surface area contributed by atoms with E-state index in [1.807, 2.05) is 91.0 Å². The predicted molar refractivity (Wildman–Crippen MR) is 236 cm³/mol. The standard InChI is InChI=1S/C48H50N6O9/c55-43(31-52-26-10-21-40(46(52)58)61-34-37-15-4-1-5-16-37)49-24-13-29-51(45(57)33-54-28-12-23-42(48(54)60)63-36-39-19-8-3-9-20-39)30-14-25-50-44(56)32-53-27-11-22-41(47(53)59)62-35-38-17-6-2-7-18-38/h1-12,15-23,26-28H,13-14,24-25,29-36H2,(H,49,55)(H,50,56). The number of nitrogens with zero attached hydrogens (tertiary/aromatic N) is 4. The van der Waals surface area contributed by atoms with Gasteiger partial charge < -0.3 is 43.4 Å². The topological polar surface area (TPSA) is 172 Å². The highest BCUT2D eigenvalue weighted by Crippen LogP contribution is 2.10. The summed E-state index contributed by atoms with van der Waals surface area (Å²) in [5, 5.41) is 5.62. The minimum atomic E-state index is -0.462. The van der Waals surface area contributed by atoms with E-state index < -0.39 is 28.5 Å². The summed E-state index contributed by atoms with van der Waals surface area (Å²) in [7, 11) is 0. The van der Waals surface area contributed by atoms with E-state index in [0.717, 1.165) is 16.7 Å². The van der Waals surface area contributed by atoms with Crippen LogP contribution in [0, 0.1) is 0 Å². The van der Waals surface area contributed by atoms with Crippen LogP contribution in [0.5, 0.6) is 17.2 Å². The summed E-state index contributed by atoms with van der Waals surface area (Å²) in [6.45, 7) is 0.709. The number of carbonyl (C=O) groups is 3. The van der Waals surface area contributed by atoms with Gasteiger partial charge in [0.05, 0.1) is 0 Å². The fourth-order valence-electron chi connectivity index (χ4n) is 6.48. The molecule has 3 aromatic carbocycles. The van der Waals surface area contributed by atoms with Gasteiger partial charge in [-0.05, 0) is 65.9 Å². The molecule has 6 rings (SSSR count). The van der Waals surface area contributed by atoms with Crippen LogP contribution in [0.15, 0.2) is 160 Å². The molecule has 0 bridgehead atoms. The van der Waals surface area contributed by atoms with Gasteiger partial charge in [-0.25, -0.2) is 0 Å². The van der Waals surface area contributed by atoms with Crippen molar-refractivity contribution in [1.82, 2.24) is 29.2 Å². The molecule has 0 aliphatic heterocycles. The van der Waals surface area contributed by atoms with E-state index in [2.05, 4.69) is 10.6 Å². The van der Waals surface area contributed by atoms with E-state index in [1.54, 1.807) is 41.3 Å². The lowest BCUT2D eigenvalue weighted by Gasteiger charge is -2.23. The number of aromatic nitrogens is 3. The van der Waals surface area contributed by atoms with Crippen LogP contribution >= 0.6 is 0 Å². The Morgan fingerprint density at radius 1 is 0.444 bits per heavy atom. The van der Waals surface area contributed by atoms with Gasteiger partial charge in [-0.1, -0.05) is 91.0 Å². The number of pyridine rings is 3. The van der Waals surface area contributed by atoms with E-state index in [4.69, 9.17) is 14.2 Å². The number of hydrogen-bond acceptors (Lipinski definition) is 9. The molecule has 3 heterocycles. The summed E-state index contributed by atoms with van der Waals surface area (Å²) in [5.41, 5.74) is 1.34. The Bertz CT molecular complexity index is 2470. The fourth-order valence-corrected chi connectivity index (χ4v) is 6.48. The van der Waals surface area contributed by atoms with Gasteiger partial charge in [0.15, 0.2) is 17.2 Å². The molecule has 15 heteroatoms. The molecule has 3 amide bonds. The molecule has 2 N–H and O–H groups in total. The number of rotatable bonds is 23. The highest BCUT2D eigenvalue weighted by Gasteiger charge is 2.17. The van der Waals surface area contributed by atoms with Crippen molar-refractivity contribution < 1.29 is 28.6 Å². The van der Waals surface area contributed by atoms with E-state index in [1.165, 1.54) is 32.3 Å². The zero-order chi connectivity index (χ0) is 44.2. The lowest BCUT2D eigenvalue weighted by molar-refractivity contribution is -0.132. The molecular weight excluding hydrogens is 805 g/mol. The van der Waals surface area contributed by atoms with Crippen molar-refractivity contribution in [2.45, 2.75) is 52.3 Å². The second-order valence-electron chi connectivity index (χ2n) is 14.5. The average Bonchev–Trinajstić information content (AvgIpc) is 3.30. The summed E-state index contributed by atoms with van der Waals surface area (Å²) < 4.78 is 21.0. The van der Waals surface area contributed by atoms with Crippen LogP contribution in [0.25, 0.3) is 0 Å². The van der Waals surface area contributed by atoms with Crippen LogP contribution in [-0.4, -0.2) is 62.5 Å². The maximum absolute atomic E-state index is 13.8. The van der Waals surface area contributed by atoms with Gasteiger partial charge in [0, 0.05) is 44.8 Å². The van der Waals surface area contributed by atoms with Gasteiger partial charge in [0.2, 0.25) is 17.7 Å². The van der Waals surface area contributed by atoms with Crippen LogP contribution in [0.4, 0.5) is 0 Å². The molecule has 63 heavy (non-hydrogen) atoms. The normalized spacial score (nSPS) is 10.7. The average molecular weight is 855 g/mol. The predicted octanol–water partition coefficient (Wildman–Crippen LogP) is 4.15. The van der Waals surface area contributed by atoms with Crippen molar-refractivity contribution in [3.05, 3.63) is 194 Å². The molecule has 0 saturated heterocycles. The van der Waals surface area contributed by atoms with E-state index in [0.29, 0.717) is 12.8 Å². The largest absolute Gasteiger partial charge is 0.483 e. The van der Waals surface area contributed by atoms with Gasteiger partial charge in [0.1, 0.15) is 39.5 Å². The maximum atomic E-state index is 13.8. The zero-order valence-corrected chi connectivity index (χ0v) is 34.8. The summed E-state index contributed by atoms with van der Waals surface area (Å²) in [6, 6.07) is 37.8. The van der Waals surface area contributed by atoms with Crippen molar-refractivity contribution in [2.75, 3.05) is 26.2 Å². The van der Waals surface area contributed by atoms with Crippen molar-refractivity contribution >= 4 is 17.7 Å². The van der Waals surface area contributed by atoms with Gasteiger partial charge in [-0.15, -0.1) is 0 Å². The minimum absolute atomic E-state index is 0.103. The van der Waals surface area contributed by atoms with E-state index in [9.17, 15) is 28.8 Å². The van der Waals surface area contributed by atoms with E-state index >= 15 is 0 Å². The Kier molecular flexibility index (Phi) is 16.6. The summed E-state index contributed by atoms with van der Waals surface area (Å²) in [5.74, 6) is -0.801. The van der Waals surface area contributed by atoms with Crippen LogP contribution in [0.3, 0.4) is 0 Å². The molecule has 3 aromatic heterocycles. The number of ether oxygens (including phenoxy) is 3. The molecule has 0 aliphatic carbocycles. The van der Waals surface area contributed by atoms with Gasteiger partial charge in [0.25, 0.3) is 16.7 Å². The number of benzene rings is 3. The smallest absolute Gasteiger partial charge is 0.293 e. The van der Waals surface area contributed by atoms with E-state index in [-0.39, 0.29) is 88.8 Å². The monoisotopic (exact) mass is 854 g/mol. The number of nitrogens with one attached hydrogen (secondary N) is 2. The van der Waals surface area contributed by atoms with Crippen LogP contribution in [0.1, 0.15) is 29.5 Å². The lowest BCUT2D eigenvalue weighted by atomic mass is 10.2. The Balaban J connectivity index is 1.02. The highest BCUT2D eigenvalue weighted by atomic mass is 16.5. The molecule has 0 aliphatic rings. The van der Waals surface area contributed by atoms with Crippen molar-refractivity contribution in [2.24, 2.45) is 0 Å². The van der Waals surface area contributed by atoms with Crippen LogP contribution in [0.2, 0.25) is 0 Å². The third kappa shape index (κ3) is 13.9. The zero-order valence-electron chi connectivity index (χ0n) is 34.8. The fraction of sp³-hybridized carbons (Fsp3) is 0.250. The minimum Gasteiger partial charge on any atom is -0.483 e. The molecule has 15 nitrogen and oxygen atoms in total. The van der Waals surface area contributed by atoms with Gasteiger partial charge in [-0.3, -0.25) is 28.8 Å². The Hall–Kier alpha value is -7.68. The van der Waals surface area contributed by atoms with Crippen molar-refractivity contribution in [3.63, 3.8) is 0 Å². The Morgan fingerprint density at radius 2 is 0.778 bits per heavy atom. The van der Waals surface area contributed by atoms with Gasteiger partial charge in [-0.2, -0.15) is 0 Å². The molecule has 0 radical (unpaired) electrons. The molecular formula is C48H50N6O9. The summed E-state index contributed by atoms with van der Waals surface area (Å²) >= 11 is 0. The Labute approximate surface area is 364 Å². The third-order valence-electron chi connectivity index (χ3n) is 9.81. The van der Waals surface area contributed by atoms with Crippen molar-refractivity contribution in [3.8, 4) is 17.2 Å². The first kappa shape index (κ1) is 44.9. The number of hydrogen-bond donors (Lipinski definition) is 2. The van der Waals surface area contributed by atoms with Crippen molar-refractivity contribution in [1.29, 1.82) is 0 Å². The highest BCUT2D eigenvalue weighted by molar-refractivity contribution is 5.77. The molecule has 0 fully saturated rings. The first-order valence-corrected chi connectivity index (χ1v) is 20.6. The quantitative estimate of drug-likeness (QED) is 0.0899. The molecule has 0 saturated carbocycles. The second-order valence-corrected chi connectivity index (χ2v) is 14.5. The molecule has 0 unspecified atom stereocenters. The maximum Gasteiger partial charge on any atom is 0.293 e.